The summed E-state index contributed by atoms with van der Waals surface area (Å²) < 4.78 is 19.0. The molecule has 0 aliphatic carbocycles. The molecule has 7 heteroatoms. The van der Waals surface area contributed by atoms with E-state index in [9.17, 15) is 9.18 Å². The molecule has 0 radical (unpaired) electrons. The largest absolute Gasteiger partial charge is 0.322 e. The summed E-state index contributed by atoms with van der Waals surface area (Å²) in [7, 11) is 2.01. The molecule has 1 aromatic heterocycles. The van der Waals surface area contributed by atoms with Gasteiger partial charge in [0.2, 0.25) is 0 Å². The Morgan fingerprint density at radius 2 is 1.91 bits per heavy atom. The summed E-state index contributed by atoms with van der Waals surface area (Å²) in [6.07, 6.45) is 2.79. The van der Waals surface area contributed by atoms with Crippen LogP contribution in [0.5, 0.6) is 0 Å². The zero-order valence-electron chi connectivity index (χ0n) is 18.2. The molecule has 5 rings (SSSR count). The van der Waals surface area contributed by atoms with Gasteiger partial charge >= 0.3 is 0 Å². The summed E-state index contributed by atoms with van der Waals surface area (Å²) in [5.41, 5.74) is 3.08. The maximum atomic E-state index is 14.9. The average molecular weight is 459 g/mol. The fraction of sp³-hybridized carbons (Fsp3) is 0.154. The van der Waals surface area contributed by atoms with E-state index in [1.165, 1.54) is 6.07 Å². The molecule has 1 N–H and O–H groups in total. The second-order valence-electron chi connectivity index (χ2n) is 7.97. The van der Waals surface area contributed by atoms with Crippen molar-refractivity contribution in [3.05, 3.63) is 90.4 Å². The van der Waals surface area contributed by atoms with Crippen molar-refractivity contribution in [1.29, 1.82) is 0 Å². The second-order valence-corrected chi connectivity index (χ2v) is 9.20. The molecule has 1 aliphatic heterocycles. The van der Waals surface area contributed by atoms with Gasteiger partial charge in [0.15, 0.2) is 0 Å². The highest BCUT2D eigenvalue weighted by molar-refractivity contribution is 7.98. The minimum Gasteiger partial charge on any atom is -0.322 e. The molecule has 3 aromatic carbocycles. The van der Waals surface area contributed by atoms with Crippen LogP contribution in [0.4, 0.5) is 15.8 Å². The lowest BCUT2D eigenvalue weighted by atomic mass is 10.0. The average Bonchev–Trinajstić information content (AvgIpc) is 2.83. The van der Waals surface area contributed by atoms with E-state index < -0.39 is 11.7 Å². The molecule has 1 fully saturated rings. The van der Waals surface area contributed by atoms with Crippen LogP contribution in [-0.4, -0.2) is 35.3 Å². The number of nitrogens with one attached hydrogen (secondary N) is 1. The third kappa shape index (κ3) is 4.55. The number of anilines is 2. The van der Waals surface area contributed by atoms with Crippen LogP contribution in [0.15, 0.2) is 79.0 Å². The molecular formula is C26H23FN4OS. The van der Waals surface area contributed by atoms with Crippen LogP contribution in [0.25, 0.3) is 22.0 Å². The number of rotatable bonds is 4. The maximum absolute atomic E-state index is 14.9. The number of amides is 1. The van der Waals surface area contributed by atoms with Crippen molar-refractivity contribution in [2.45, 2.75) is 6.42 Å². The van der Waals surface area contributed by atoms with Gasteiger partial charge in [-0.1, -0.05) is 36.4 Å². The van der Waals surface area contributed by atoms with Crippen molar-refractivity contribution in [1.82, 2.24) is 9.29 Å². The van der Waals surface area contributed by atoms with Gasteiger partial charge in [-0.2, -0.15) is 0 Å². The van der Waals surface area contributed by atoms with E-state index in [0.717, 1.165) is 47.2 Å². The Balaban J connectivity index is 1.37. The first-order valence-electron chi connectivity index (χ1n) is 10.8. The molecule has 1 saturated heterocycles. The first-order valence-corrected chi connectivity index (χ1v) is 11.5. The van der Waals surface area contributed by atoms with E-state index in [-0.39, 0.29) is 5.56 Å². The van der Waals surface area contributed by atoms with Crippen molar-refractivity contribution in [2.24, 2.45) is 0 Å². The Morgan fingerprint density at radius 3 is 2.76 bits per heavy atom. The van der Waals surface area contributed by atoms with Crippen LogP contribution >= 0.6 is 12.1 Å². The van der Waals surface area contributed by atoms with Crippen LogP contribution in [0.2, 0.25) is 0 Å². The minimum absolute atomic E-state index is 0.0165. The number of halogens is 1. The number of nitrogens with zero attached hydrogens (tertiary/aromatic N) is 3. The number of carbonyl (C=O) groups is 1. The zero-order valence-corrected chi connectivity index (χ0v) is 19.0. The van der Waals surface area contributed by atoms with Crippen LogP contribution in [0.1, 0.15) is 16.8 Å². The Labute approximate surface area is 196 Å². The number of benzene rings is 3. The molecule has 5 nitrogen and oxygen atoms in total. The molecular weight excluding hydrogens is 435 g/mol. The van der Waals surface area contributed by atoms with Gasteiger partial charge in [0.1, 0.15) is 5.82 Å². The summed E-state index contributed by atoms with van der Waals surface area (Å²) >= 11 is 1.56. The highest BCUT2D eigenvalue weighted by atomic mass is 32.2. The minimum atomic E-state index is -0.536. The maximum Gasteiger partial charge on any atom is 0.258 e. The summed E-state index contributed by atoms with van der Waals surface area (Å²) in [6.45, 7) is 1.84. The second kappa shape index (κ2) is 9.21. The van der Waals surface area contributed by atoms with Crippen molar-refractivity contribution in [3.63, 3.8) is 0 Å². The van der Waals surface area contributed by atoms with Crippen LogP contribution in [-0.2, 0) is 0 Å². The molecule has 33 heavy (non-hydrogen) atoms. The SMILES string of the molecule is CN1CCCN(c2ccc(C(=O)Nc3cccc(-c4nccc5ccccc45)c3)c(F)c2)S1. The fourth-order valence-electron chi connectivity index (χ4n) is 4.00. The van der Waals surface area contributed by atoms with E-state index in [4.69, 9.17) is 0 Å². The summed E-state index contributed by atoms with van der Waals surface area (Å²) in [5, 5.41) is 4.96. The number of carbonyl (C=O) groups excluding carboxylic acids is 1. The Bertz CT molecular complexity index is 1320. The van der Waals surface area contributed by atoms with Gasteiger partial charge in [-0.25, -0.2) is 8.70 Å². The lowest BCUT2D eigenvalue weighted by Crippen LogP contribution is -2.31. The Morgan fingerprint density at radius 1 is 1.03 bits per heavy atom. The topological polar surface area (TPSA) is 48.5 Å². The van der Waals surface area contributed by atoms with Crippen molar-refractivity contribution < 1.29 is 9.18 Å². The monoisotopic (exact) mass is 458 g/mol. The highest BCUT2D eigenvalue weighted by Crippen LogP contribution is 2.30. The molecule has 0 unspecified atom stereocenters. The molecule has 0 atom stereocenters. The van der Waals surface area contributed by atoms with Crippen LogP contribution in [0.3, 0.4) is 0 Å². The summed E-state index contributed by atoms with van der Waals surface area (Å²) in [6, 6.07) is 22.2. The number of hydrogen-bond donors (Lipinski definition) is 1. The van der Waals surface area contributed by atoms with Gasteiger partial charge in [0.25, 0.3) is 5.91 Å². The molecule has 2 heterocycles. The van der Waals surface area contributed by atoms with E-state index in [0.29, 0.717) is 5.69 Å². The number of fused-ring (bicyclic) bond motifs is 1. The molecule has 4 aromatic rings. The zero-order chi connectivity index (χ0) is 22.8. The van der Waals surface area contributed by atoms with Crippen molar-refractivity contribution in [3.8, 4) is 11.3 Å². The molecule has 1 amide bonds. The lowest BCUT2D eigenvalue weighted by Gasteiger charge is -2.32. The molecule has 166 valence electrons. The van der Waals surface area contributed by atoms with E-state index >= 15 is 0 Å². The summed E-state index contributed by atoms with van der Waals surface area (Å²) in [4.78, 5) is 17.4. The Hall–Kier alpha value is -3.42. The molecule has 0 spiro atoms. The van der Waals surface area contributed by atoms with E-state index in [2.05, 4.69) is 14.6 Å². The van der Waals surface area contributed by atoms with Crippen molar-refractivity contribution >= 4 is 40.2 Å². The van der Waals surface area contributed by atoms with E-state index in [1.807, 2.05) is 59.9 Å². The first-order chi connectivity index (χ1) is 16.1. The van der Waals surface area contributed by atoms with E-state index in [1.54, 1.807) is 36.5 Å². The van der Waals surface area contributed by atoms with Gasteiger partial charge in [-0.3, -0.25) is 9.78 Å². The fourth-order valence-corrected chi connectivity index (χ4v) is 4.96. The van der Waals surface area contributed by atoms with Gasteiger partial charge in [0, 0.05) is 48.1 Å². The lowest BCUT2D eigenvalue weighted by molar-refractivity contribution is 0.102. The number of hydrogen-bond acceptors (Lipinski definition) is 5. The summed E-state index contributed by atoms with van der Waals surface area (Å²) in [5.74, 6) is -1.02. The standard InChI is InChI=1S/C26H23FN4OS/c1-30-14-5-15-31(33-30)21-10-11-23(24(27)17-21)26(32)29-20-8-4-7-19(16-20)25-22-9-3-2-6-18(22)12-13-28-25/h2-4,6-13,16-17H,5,14-15H2,1H3,(H,29,32). The highest BCUT2D eigenvalue weighted by Gasteiger charge is 2.19. The smallest absolute Gasteiger partial charge is 0.258 e. The predicted molar refractivity (Wildman–Crippen MR) is 134 cm³/mol. The van der Waals surface area contributed by atoms with Gasteiger partial charge in [-0.15, -0.1) is 0 Å². The third-order valence-electron chi connectivity index (χ3n) is 5.62. The molecule has 0 bridgehead atoms. The van der Waals surface area contributed by atoms with Gasteiger partial charge in [-0.05, 0) is 55.3 Å². The normalized spacial score (nSPS) is 14.4. The number of aromatic nitrogens is 1. The van der Waals surface area contributed by atoms with Crippen molar-refractivity contribution in [2.75, 3.05) is 29.8 Å². The predicted octanol–water partition coefficient (Wildman–Crippen LogP) is 6.00. The van der Waals surface area contributed by atoms with Crippen LogP contribution in [0, 0.1) is 5.82 Å². The molecule has 0 saturated carbocycles. The first kappa shape index (κ1) is 21.4. The number of pyridine rings is 1. The third-order valence-corrected chi connectivity index (χ3v) is 6.68. The molecule has 1 aliphatic rings. The quantitative estimate of drug-likeness (QED) is 0.380. The van der Waals surface area contributed by atoms with Crippen LogP contribution < -0.4 is 9.62 Å². The Kier molecular flexibility index (Phi) is 5.98. The van der Waals surface area contributed by atoms with Gasteiger partial charge < -0.3 is 9.62 Å². The van der Waals surface area contributed by atoms with Gasteiger partial charge in [0.05, 0.1) is 16.9 Å².